The van der Waals surface area contributed by atoms with Crippen molar-refractivity contribution in [1.29, 1.82) is 0 Å². The van der Waals surface area contributed by atoms with Gasteiger partial charge in [-0.25, -0.2) is 18.6 Å². The number of nitrogens with one attached hydrogen (secondary N) is 2. The fourth-order valence-electron chi connectivity index (χ4n) is 4.93. The first-order valence-corrected chi connectivity index (χ1v) is 15.8. The molecule has 1 aromatic heterocycles. The number of aromatic carboxylic acids is 1. The van der Waals surface area contributed by atoms with Crippen molar-refractivity contribution >= 4 is 57.8 Å². The second kappa shape index (κ2) is 15.5. The number of thioether (sulfide) groups is 1. The summed E-state index contributed by atoms with van der Waals surface area (Å²) in [6.45, 7) is 3.89. The summed E-state index contributed by atoms with van der Waals surface area (Å²) in [5.74, 6) is -4.44. The predicted molar refractivity (Wildman–Crippen MR) is 176 cm³/mol. The van der Waals surface area contributed by atoms with Gasteiger partial charge in [0.15, 0.2) is 17.7 Å². The number of carbonyl (C=O) groups excluding carboxylic acids is 2. The van der Waals surface area contributed by atoms with Gasteiger partial charge in [-0.3, -0.25) is 19.4 Å². The number of rotatable bonds is 12. The number of ether oxygens (including phenoxy) is 1. The van der Waals surface area contributed by atoms with Crippen molar-refractivity contribution in [2.24, 2.45) is 0 Å². The Morgan fingerprint density at radius 1 is 1.09 bits per heavy atom. The van der Waals surface area contributed by atoms with E-state index in [0.29, 0.717) is 47.7 Å². The van der Waals surface area contributed by atoms with Gasteiger partial charge >= 0.3 is 5.97 Å². The van der Waals surface area contributed by atoms with Crippen molar-refractivity contribution in [1.82, 2.24) is 20.1 Å². The highest BCUT2D eigenvalue weighted by atomic mass is 32.2. The largest absolute Gasteiger partial charge is 0.477 e. The number of thiocarbonyl (C=S) groups is 1. The molecule has 0 bridgehead atoms. The van der Waals surface area contributed by atoms with Gasteiger partial charge in [-0.2, -0.15) is 0 Å². The van der Waals surface area contributed by atoms with E-state index >= 15 is 0 Å². The lowest BCUT2D eigenvalue weighted by Crippen LogP contribution is -2.44. The molecule has 0 radical (unpaired) electrons. The summed E-state index contributed by atoms with van der Waals surface area (Å²) in [7, 11) is 0. The lowest BCUT2D eigenvalue weighted by Gasteiger charge is -2.26. The molecule has 2 aliphatic heterocycles. The number of morpholine rings is 1. The highest BCUT2D eigenvalue weighted by Crippen LogP contribution is 2.35. The number of carboxylic acid groups (broad SMARTS) is 1. The minimum absolute atomic E-state index is 0.0629. The number of aromatic nitrogens is 1. The number of benzene rings is 2. The molecular weight excluding hydrogens is 653 g/mol. The number of aliphatic hydroxyl groups excluding tert-OH is 1. The van der Waals surface area contributed by atoms with Crippen LogP contribution in [0.25, 0.3) is 17.2 Å². The second-order valence-corrected chi connectivity index (χ2v) is 12.4. The number of β-amino-alcohol motifs (C(OH)–C–C–N with tert-alkyl or cyclic N) is 1. The molecule has 1 unspecified atom stereocenters. The summed E-state index contributed by atoms with van der Waals surface area (Å²) in [5, 5.41) is 25.6. The molecule has 3 heterocycles. The molecular formula is C32H31F2N5O6S2. The van der Waals surface area contributed by atoms with Crippen LogP contribution in [0.3, 0.4) is 0 Å². The summed E-state index contributed by atoms with van der Waals surface area (Å²) in [6, 6.07) is 11.8. The maximum atomic E-state index is 14.0. The summed E-state index contributed by atoms with van der Waals surface area (Å²) in [4.78, 5) is 44.6. The minimum atomic E-state index is -1.62. The van der Waals surface area contributed by atoms with Crippen LogP contribution in [0.2, 0.25) is 0 Å². The fraction of sp³-hybridized carbons (Fsp3) is 0.281. The van der Waals surface area contributed by atoms with E-state index in [-0.39, 0.29) is 21.5 Å². The van der Waals surface area contributed by atoms with E-state index in [0.717, 1.165) is 48.4 Å². The number of hydrogen-bond acceptors (Lipinski definition) is 10. The summed E-state index contributed by atoms with van der Waals surface area (Å²) in [5.41, 5.74) is 2.63. The molecule has 11 nitrogen and oxygen atoms in total. The minimum Gasteiger partial charge on any atom is -0.477 e. The fourth-order valence-corrected chi connectivity index (χ4v) is 6.20. The maximum absolute atomic E-state index is 14.0. The molecule has 0 spiro atoms. The van der Waals surface area contributed by atoms with Crippen molar-refractivity contribution in [3.05, 3.63) is 88.1 Å². The van der Waals surface area contributed by atoms with E-state index in [4.69, 9.17) is 22.1 Å². The van der Waals surface area contributed by atoms with E-state index in [1.165, 1.54) is 24.4 Å². The number of carboxylic acids is 1. The zero-order chi connectivity index (χ0) is 33.5. The van der Waals surface area contributed by atoms with E-state index in [1.807, 2.05) is 0 Å². The normalized spacial score (nSPS) is 16.8. The molecule has 0 aliphatic carbocycles. The number of halogens is 2. The number of hydrogen-bond donors (Lipinski definition) is 4. The number of carbonyl (C=O) groups is 3. The molecule has 2 aliphatic rings. The van der Waals surface area contributed by atoms with Crippen LogP contribution in [0.15, 0.2) is 59.6 Å². The molecule has 1 atom stereocenters. The molecule has 15 heteroatoms. The molecule has 2 saturated heterocycles. The van der Waals surface area contributed by atoms with Crippen molar-refractivity contribution in [2.75, 3.05) is 51.3 Å². The zero-order valence-corrected chi connectivity index (χ0v) is 26.6. The summed E-state index contributed by atoms with van der Waals surface area (Å²) in [6.07, 6.45) is 1.31. The van der Waals surface area contributed by atoms with Gasteiger partial charge in [-0.1, -0.05) is 36.1 Å². The van der Waals surface area contributed by atoms with Gasteiger partial charge < -0.3 is 25.6 Å². The first-order valence-electron chi connectivity index (χ1n) is 14.6. The molecule has 3 aromatic rings. The van der Waals surface area contributed by atoms with Crippen LogP contribution >= 0.6 is 24.0 Å². The Kier molecular flexibility index (Phi) is 11.3. The zero-order valence-electron chi connectivity index (χ0n) is 24.9. The lowest BCUT2D eigenvalue weighted by atomic mass is 10.0. The van der Waals surface area contributed by atoms with Crippen LogP contribution in [0.5, 0.6) is 0 Å². The number of pyridine rings is 1. The van der Waals surface area contributed by atoms with Crippen LogP contribution in [-0.2, 0) is 20.9 Å². The Hall–Kier alpha value is -4.28. The highest BCUT2D eigenvalue weighted by Gasteiger charge is 2.35. The van der Waals surface area contributed by atoms with Gasteiger partial charge in [-0.05, 0) is 64.7 Å². The van der Waals surface area contributed by atoms with Crippen LogP contribution in [0.1, 0.15) is 21.6 Å². The predicted octanol–water partition coefficient (Wildman–Crippen LogP) is 3.35. The molecule has 246 valence electrons. The number of aliphatic hydroxyl groups is 1. The summed E-state index contributed by atoms with van der Waals surface area (Å²) >= 11 is 6.42. The van der Waals surface area contributed by atoms with Crippen molar-refractivity contribution in [2.45, 2.75) is 12.6 Å². The SMILES string of the molecule is O=C(O)c1cc(CNC(=O)C(O)CN2C(=O)/C(=C/c3cc(-c4ccc(F)c(F)c4)ccc3NCCN3CCOCC3)SC2=S)ccn1. The van der Waals surface area contributed by atoms with Gasteiger partial charge in [0.2, 0.25) is 0 Å². The molecule has 2 amide bonds. The number of anilines is 1. The monoisotopic (exact) mass is 683 g/mol. The first-order chi connectivity index (χ1) is 22.6. The smallest absolute Gasteiger partial charge is 0.354 e. The highest BCUT2D eigenvalue weighted by molar-refractivity contribution is 8.26. The standard InChI is InChI=1S/C32H31F2N5O6S2/c33-23-3-1-21(15-24(23)34)20-2-4-25(36-7-8-38-9-11-45-12-10-38)22(14-20)16-28-30(42)39(32(46)47-28)18-27(40)29(41)37-17-19-5-6-35-26(13-19)31(43)44/h1-6,13-16,27,36,40H,7-12,17-18H2,(H,37,41)(H,43,44)/b28-16-. The van der Waals surface area contributed by atoms with Gasteiger partial charge in [-0.15, -0.1) is 0 Å². The van der Waals surface area contributed by atoms with E-state index in [2.05, 4.69) is 20.5 Å². The Bertz CT molecular complexity index is 1720. The second-order valence-electron chi connectivity index (χ2n) is 10.7. The Labute approximate surface area is 278 Å². The van der Waals surface area contributed by atoms with Crippen LogP contribution in [0.4, 0.5) is 14.5 Å². The molecule has 2 aromatic carbocycles. The third-order valence-electron chi connectivity index (χ3n) is 7.48. The molecule has 0 saturated carbocycles. The van der Waals surface area contributed by atoms with Crippen molar-refractivity contribution in [3.63, 3.8) is 0 Å². The molecule has 47 heavy (non-hydrogen) atoms. The first kappa shape index (κ1) is 34.1. The van der Waals surface area contributed by atoms with Crippen molar-refractivity contribution < 1.29 is 38.1 Å². The van der Waals surface area contributed by atoms with E-state index in [1.54, 1.807) is 24.3 Å². The maximum Gasteiger partial charge on any atom is 0.354 e. The Balaban J connectivity index is 1.30. The van der Waals surface area contributed by atoms with Crippen LogP contribution in [-0.4, -0.2) is 99.1 Å². The average molecular weight is 684 g/mol. The average Bonchev–Trinajstić information content (AvgIpc) is 3.33. The number of amides is 2. The third-order valence-corrected chi connectivity index (χ3v) is 8.86. The topological polar surface area (TPSA) is 144 Å². The van der Waals surface area contributed by atoms with E-state index in [9.17, 15) is 28.3 Å². The Morgan fingerprint density at radius 2 is 1.83 bits per heavy atom. The van der Waals surface area contributed by atoms with Gasteiger partial charge in [0.1, 0.15) is 10.0 Å². The Morgan fingerprint density at radius 3 is 2.57 bits per heavy atom. The van der Waals surface area contributed by atoms with Crippen molar-refractivity contribution in [3.8, 4) is 11.1 Å². The van der Waals surface area contributed by atoms with Gasteiger partial charge in [0.05, 0.1) is 24.7 Å². The van der Waals surface area contributed by atoms with Gasteiger partial charge in [0.25, 0.3) is 11.8 Å². The quantitative estimate of drug-likeness (QED) is 0.165. The summed E-state index contributed by atoms with van der Waals surface area (Å²) < 4.78 is 33.2. The van der Waals surface area contributed by atoms with Gasteiger partial charge in [0, 0.05) is 44.6 Å². The molecule has 2 fully saturated rings. The van der Waals surface area contributed by atoms with E-state index < -0.39 is 42.1 Å². The number of nitrogens with zero attached hydrogens (tertiary/aromatic N) is 3. The van der Waals surface area contributed by atoms with Crippen LogP contribution < -0.4 is 10.6 Å². The molecule has 5 rings (SSSR count). The molecule has 4 N–H and O–H groups in total. The van der Waals surface area contributed by atoms with Crippen LogP contribution in [0, 0.1) is 11.6 Å². The third kappa shape index (κ3) is 8.75. The lowest BCUT2D eigenvalue weighted by molar-refractivity contribution is -0.131.